The molecule has 0 radical (unpaired) electrons. The lowest BCUT2D eigenvalue weighted by atomic mass is 10.0. The van der Waals surface area contributed by atoms with Gasteiger partial charge in [0.25, 0.3) is 0 Å². The van der Waals surface area contributed by atoms with E-state index < -0.39 is 12.1 Å². The molecule has 0 aromatic heterocycles. The maximum atomic E-state index is 12.3. The van der Waals surface area contributed by atoms with Gasteiger partial charge in [0.2, 0.25) is 5.91 Å². The Hall–Kier alpha value is -0.610. The van der Waals surface area contributed by atoms with Crippen molar-refractivity contribution < 1.29 is 15.0 Å². The Morgan fingerprint density at radius 1 is 0.500 bits per heavy atom. The topological polar surface area (TPSA) is 69.6 Å². The van der Waals surface area contributed by atoms with Gasteiger partial charge in [0, 0.05) is 6.42 Å². The fraction of sp³-hybridized carbons (Fsp3) is 0.972. The second kappa shape index (κ2) is 32.9. The molecule has 0 aliphatic carbocycles. The van der Waals surface area contributed by atoms with E-state index in [0.29, 0.717) is 12.8 Å². The van der Waals surface area contributed by atoms with Gasteiger partial charge >= 0.3 is 0 Å². The van der Waals surface area contributed by atoms with Crippen LogP contribution in [-0.4, -0.2) is 34.9 Å². The monoisotopic (exact) mass is 568 g/mol. The molecule has 0 aromatic rings. The van der Waals surface area contributed by atoms with Crippen molar-refractivity contribution in [3.05, 3.63) is 0 Å². The second-order valence-corrected chi connectivity index (χ2v) is 12.7. The van der Waals surface area contributed by atoms with Gasteiger partial charge in [-0.25, -0.2) is 0 Å². The molecule has 0 bridgehead atoms. The molecule has 0 spiro atoms. The normalized spacial score (nSPS) is 13.0. The Kier molecular flexibility index (Phi) is 32.4. The molecule has 0 aromatic carbocycles. The van der Waals surface area contributed by atoms with Gasteiger partial charge in [-0.15, -0.1) is 0 Å². The SMILES string of the molecule is CCCCCCCCCCCCCCCCCC(=O)NC(CO)C(O)CCCCCCCCCCCCCCC. The van der Waals surface area contributed by atoms with Crippen molar-refractivity contribution in [3.8, 4) is 0 Å². The molecule has 1 amide bonds. The maximum Gasteiger partial charge on any atom is 0.220 e. The van der Waals surface area contributed by atoms with Gasteiger partial charge in [0.1, 0.15) is 0 Å². The van der Waals surface area contributed by atoms with E-state index in [2.05, 4.69) is 19.2 Å². The molecule has 0 saturated heterocycles. The summed E-state index contributed by atoms with van der Waals surface area (Å²) in [5.41, 5.74) is 0. The van der Waals surface area contributed by atoms with Crippen molar-refractivity contribution in [3.63, 3.8) is 0 Å². The smallest absolute Gasteiger partial charge is 0.220 e. The van der Waals surface area contributed by atoms with Crippen LogP contribution in [0, 0.1) is 0 Å². The fourth-order valence-corrected chi connectivity index (χ4v) is 5.77. The maximum absolute atomic E-state index is 12.3. The van der Waals surface area contributed by atoms with Gasteiger partial charge in [-0.3, -0.25) is 4.79 Å². The van der Waals surface area contributed by atoms with Gasteiger partial charge in [-0.1, -0.05) is 187 Å². The first-order chi connectivity index (χ1) is 19.7. The number of nitrogens with one attached hydrogen (secondary N) is 1. The van der Waals surface area contributed by atoms with Gasteiger partial charge in [-0.05, 0) is 12.8 Å². The summed E-state index contributed by atoms with van der Waals surface area (Å²) in [6, 6.07) is -0.527. The van der Waals surface area contributed by atoms with Crippen LogP contribution in [0.15, 0.2) is 0 Å². The van der Waals surface area contributed by atoms with E-state index in [9.17, 15) is 15.0 Å². The molecule has 2 atom stereocenters. The number of carbonyl (C=O) groups excluding carboxylic acids is 1. The predicted octanol–water partition coefficient (Wildman–Crippen LogP) is 10.6. The Balaban J connectivity index is 3.52. The average molecular weight is 568 g/mol. The minimum Gasteiger partial charge on any atom is -0.394 e. The zero-order valence-electron chi connectivity index (χ0n) is 27.4. The zero-order valence-corrected chi connectivity index (χ0v) is 27.4. The van der Waals surface area contributed by atoms with Crippen molar-refractivity contribution in [1.82, 2.24) is 5.32 Å². The summed E-state index contributed by atoms with van der Waals surface area (Å²) >= 11 is 0. The molecule has 240 valence electrons. The van der Waals surface area contributed by atoms with Crippen LogP contribution in [0.2, 0.25) is 0 Å². The molecule has 0 aliphatic rings. The summed E-state index contributed by atoms with van der Waals surface area (Å²) in [6.45, 7) is 4.36. The van der Waals surface area contributed by atoms with Crippen LogP contribution in [0.3, 0.4) is 0 Å². The number of carbonyl (C=O) groups is 1. The molecule has 0 saturated carbocycles. The summed E-state index contributed by atoms with van der Waals surface area (Å²) in [4.78, 5) is 12.3. The van der Waals surface area contributed by atoms with E-state index in [0.717, 1.165) is 25.7 Å². The van der Waals surface area contributed by atoms with Crippen LogP contribution in [-0.2, 0) is 4.79 Å². The highest BCUT2D eigenvalue weighted by molar-refractivity contribution is 5.76. The Morgan fingerprint density at radius 2 is 0.800 bits per heavy atom. The van der Waals surface area contributed by atoms with E-state index in [4.69, 9.17) is 0 Å². The standard InChI is InChI=1S/C36H73NO3/c1-3-5-7-9-11-13-15-17-18-20-22-24-26-28-30-32-36(40)37-34(33-38)35(39)31-29-27-25-23-21-19-16-14-12-10-8-6-4-2/h34-35,38-39H,3-33H2,1-2H3,(H,37,40). The van der Waals surface area contributed by atoms with Gasteiger partial charge in [0.15, 0.2) is 0 Å². The lowest BCUT2D eigenvalue weighted by molar-refractivity contribution is -0.123. The van der Waals surface area contributed by atoms with Crippen molar-refractivity contribution in [2.45, 2.75) is 219 Å². The first-order valence-electron chi connectivity index (χ1n) is 18.2. The van der Waals surface area contributed by atoms with Crippen LogP contribution in [0.4, 0.5) is 0 Å². The van der Waals surface area contributed by atoms with E-state index in [1.807, 2.05) is 0 Å². The molecule has 0 fully saturated rings. The van der Waals surface area contributed by atoms with Gasteiger partial charge in [0.05, 0.1) is 18.8 Å². The summed E-state index contributed by atoms with van der Waals surface area (Å²) in [5.74, 6) is -0.0295. The summed E-state index contributed by atoms with van der Waals surface area (Å²) in [5, 5.41) is 23.0. The van der Waals surface area contributed by atoms with Crippen molar-refractivity contribution in [1.29, 1.82) is 0 Å². The third-order valence-electron chi connectivity index (χ3n) is 8.62. The Morgan fingerprint density at radius 3 is 1.12 bits per heavy atom. The minimum atomic E-state index is -0.650. The van der Waals surface area contributed by atoms with E-state index in [-0.39, 0.29) is 12.5 Å². The Labute approximate surface area is 251 Å². The predicted molar refractivity (Wildman–Crippen MR) is 175 cm³/mol. The number of rotatable bonds is 33. The van der Waals surface area contributed by atoms with E-state index in [1.165, 1.54) is 154 Å². The highest BCUT2D eigenvalue weighted by Crippen LogP contribution is 2.15. The van der Waals surface area contributed by atoms with Gasteiger partial charge < -0.3 is 15.5 Å². The van der Waals surface area contributed by atoms with Gasteiger partial charge in [-0.2, -0.15) is 0 Å². The molecule has 0 rings (SSSR count). The summed E-state index contributed by atoms with van der Waals surface area (Å²) < 4.78 is 0. The molecule has 4 nitrogen and oxygen atoms in total. The van der Waals surface area contributed by atoms with Crippen molar-refractivity contribution >= 4 is 5.91 Å². The largest absolute Gasteiger partial charge is 0.394 e. The number of hydrogen-bond donors (Lipinski definition) is 3. The van der Waals surface area contributed by atoms with Crippen LogP contribution in [0.1, 0.15) is 206 Å². The lowest BCUT2D eigenvalue weighted by Crippen LogP contribution is -2.45. The lowest BCUT2D eigenvalue weighted by Gasteiger charge is -2.22. The number of hydrogen-bond acceptors (Lipinski definition) is 3. The average Bonchev–Trinajstić information content (AvgIpc) is 2.96. The number of aliphatic hydroxyl groups is 2. The third-order valence-corrected chi connectivity index (χ3v) is 8.62. The summed E-state index contributed by atoms with van der Waals surface area (Å²) in [6.07, 6.45) is 37.2. The Bertz CT molecular complexity index is 498. The van der Waals surface area contributed by atoms with Crippen LogP contribution < -0.4 is 5.32 Å². The van der Waals surface area contributed by atoms with Crippen LogP contribution in [0.5, 0.6) is 0 Å². The third kappa shape index (κ3) is 28.9. The molecular weight excluding hydrogens is 494 g/mol. The van der Waals surface area contributed by atoms with E-state index >= 15 is 0 Å². The highest BCUT2D eigenvalue weighted by Gasteiger charge is 2.19. The summed E-state index contributed by atoms with van der Waals surface area (Å²) in [7, 11) is 0. The molecule has 4 heteroatoms. The van der Waals surface area contributed by atoms with Crippen LogP contribution >= 0.6 is 0 Å². The zero-order chi connectivity index (χ0) is 29.4. The molecular formula is C36H73NO3. The molecule has 40 heavy (non-hydrogen) atoms. The van der Waals surface area contributed by atoms with Crippen molar-refractivity contribution in [2.24, 2.45) is 0 Å². The quantitative estimate of drug-likeness (QED) is 0.0691. The molecule has 3 N–H and O–H groups in total. The first kappa shape index (κ1) is 39.4. The molecule has 2 unspecified atom stereocenters. The second-order valence-electron chi connectivity index (χ2n) is 12.7. The number of amides is 1. The first-order valence-corrected chi connectivity index (χ1v) is 18.2. The molecule has 0 heterocycles. The van der Waals surface area contributed by atoms with Crippen LogP contribution in [0.25, 0.3) is 0 Å². The number of aliphatic hydroxyl groups excluding tert-OH is 2. The number of unbranched alkanes of at least 4 members (excludes halogenated alkanes) is 26. The van der Waals surface area contributed by atoms with Crippen molar-refractivity contribution in [2.75, 3.05) is 6.61 Å². The molecule has 0 aliphatic heterocycles. The van der Waals surface area contributed by atoms with E-state index in [1.54, 1.807) is 0 Å². The minimum absolute atomic E-state index is 0.0295. The fourth-order valence-electron chi connectivity index (χ4n) is 5.77. The highest BCUT2D eigenvalue weighted by atomic mass is 16.3.